The molecule has 1 amide bonds. The molecular weight excluding hydrogens is 226 g/mol. The Morgan fingerprint density at radius 1 is 1.17 bits per heavy atom. The lowest BCUT2D eigenvalue weighted by molar-refractivity contribution is -0.116. The predicted molar refractivity (Wildman–Crippen MR) is 73.7 cm³/mol. The molecular formula is C15H21NO2. The fourth-order valence-electron chi connectivity index (χ4n) is 1.67. The van der Waals surface area contributed by atoms with Gasteiger partial charge in [0.2, 0.25) is 5.91 Å². The highest BCUT2D eigenvalue weighted by Gasteiger charge is 2.11. The Labute approximate surface area is 109 Å². The Morgan fingerprint density at radius 2 is 1.83 bits per heavy atom. The fraction of sp³-hybridized carbons (Fsp3) is 0.467. The van der Waals surface area contributed by atoms with Crippen LogP contribution in [-0.4, -0.2) is 11.7 Å². The normalized spacial score (nSPS) is 10.8. The summed E-state index contributed by atoms with van der Waals surface area (Å²) in [5.74, 6) is 0.367. The molecule has 0 fully saturated rings. The molecule has 0 bridgehead atoms. The predicted octanol–water partition coefficient (Wildman–Crippen LogP) is 3.51. The highest BCUT2D eigenvalue weighted by Crippen LogP contribution is 2.15. The Kier molecular flexibility index (Phi) is 5.08. The number of ketones is 1. The number of carbonyl (C=O) groups excluding carboxylic acids is 2. The molecule has 1 aromatic carbocycles. The number of hydrogen-bond acceptors (Lipinski definition) is 2. The van der Waals surface area contributed by atoms with Crippen molar-refractivity contribution in [2.45, 2.75) is 34.1 Å². The molecule has 0 saturated heterocycles. The lowest BCUT2D eigenvalue weighted by Crippen LogP contribution is -2.14. The van der Waals surface area contributed by atoms with Crippen LogP contribution >= 0.6 is 0 Å². The molecule has 0 aromatic heterocycles. The van der Waals surface area contributed by atoms with Crippen molar-refractivity contribution in [1.29, 1.82) is 0 Å². The van der Waals surface area contributed by atoms with Gasteiger partial charge < -0.3 is 5.32 Å². The van der Waals surface area contributed by atoms with Crippen LogP contribution in [0.15, 0.2) is 24.3 Å². The summed E-state index contributed by atoms with van der Waals surface area (Å²) in [4.78, 5) is 23.5. The molecule has 0 aliphatic heterocycles. The van der Waals surface area contributed by atoms with E-state index < -0.39 is 0 Å². The monoisotopic (exact) mass is 247 g/mol. The van der Waals surface area contributed by atoms with Crippen molar-refractivity contribution in [3.05, 3.63) is 29.8 Å². The van der Waals surface area contributed by atoms with Crippen LogP contribution in [0.4, 0.5) is 5.69 Å². The van der Waals surface area contributed by atoms with Crippen molar-refractivity contribution in [2.75, 3.05) is 5.32 Å². The first-order valence-electron chi connectivity index (χ1n) is 6.34. The molecule has 98 valence electrons. The molecule has 3 nitrogen and oxygen atoms in total. The standard InChI is InChI=1S/C15H21NO2/c1-10(2)8-14(17)16-13-7-5-6-12(9-13)15(18)11(3)4/h5-7,9-11H,8H2,1-4H3,(H,16,17). The molecule has 0 heterocycles. The minimum absolute atomic E-state index is 0.0147. The number of anilines is 1. The SMILES string of the molecule is CC(C)CC(=O)Nc1cccc(C(=O)C(C)C)c1. The molecule has 1 aromatic rings. The zero-order valence-electron chi connectivity index (χ0n) is 11.5. The van der Waals surface area contributed by atoms with E-state index in [1.165, 1.54) is 0 Å². The summed E-state index contributed by atoms with van der Waals surface area (Å²) < 4.78 is 0. The summed E-state index contributed by atoms with van der Waals surface area (Å²) in [5, 5.41) is 2.82. The van der Waals surface area contributed by atoms with Crippen LogP contribution in [0.5, 0.6) is 0 Å². The highest BCUT2D eigenvalue weighted by molar-refractivity contribution is 5.99. The second-order valence-electron chi connectivity index (χ2n) is 5.25. The van der Waals surface area contributed by atoms with Crippen molar-refractivity contribution < 1.29 is 9.59 Å². The van der Waals surface area contributed by atoms with Crippen molar-refractivity contribution in [1.82, 2.24) is 0 Å². The smallest absolute Gasteiger partial charge is 0.224 e. The molecule has 0 aliphatic rings. The molecule has 0 saturated carbocycles. The van der Waals surface area contributed by atoms with E-state index in [-0.39, 0.29) is 17.6 Å². The average Bonchev–Trinajstić information content (AvgIpc) is 2.26. The molecule has 18 heavy (non-hydrogen) atoms. The van der Waals surface area contributed by atoms with E-state index >= 15 is 0 Å². The first kappa shape index (κ1) is 14.4. The number of hydrogen-bond donors (Lipinski definition) is 1. The highest BCUT2D eigenvalue weighted by atomic mass is 16.1. The quantitative estimate of drug-likeness (QED) is 0.809. The molecule has 0 unspecified atom stereocenters. The molecule has 0 spiro atoms. The zero-order valence-corrected chi connectivity index (χ0v) is 11.5. The minimum Gasteiger partial charge on any atom is -0.326 e. The fourth-order valence-corrected chi connectivity index (χ4v) is 1.67. The van der Waals surface area contributed by atoms with Crippen molar-refractivity contribution in [2.24, 2.45) is 11.8 Å². The van der Waals surface area contributed by atoms with E-state index in [9.17, 15) is 9.59 Å². The maximum atomic E-state index is 11.8. The van der Waals surface area contributed by atoms with Gasteiger partial charge in [-0.3, -0.25) is 9.59 Å². The van der Waals surface area contributed by atoms with E-state index in [1.54, 1.807) is 24.3 Å². The van der Waals surface area contributed by atoms with Crippen LogP contribution in [0.3, 0.4) is 0 Å². The number of benzene rings is 1. The van der Waals surface area contributed by atoms with Gasteiger partial charge >= 0.3 is 0 Å². The summed E-state index contributed by atoms with van der Waals surface area (Å²) in [6, 6.07) is 7.11. The van der Waals surface area contributed by atoms with Crippen LogP contribution < -0.4 is 5.32 Å². The molecule has 0 atom stereocenters. The largest absolute Gasteiger partial charge is 0.326 e. The maximum absolute atomic E-state index is 11.8. The van der Waals surface area contributed by atoms with E-state index in [0.717, 1.165) is 0 Å². The first-order valence-corrected chi connectivity index (χ1v) is 6.34. The lowest BCUT2D eigenvalue weighted by Gasteiger charge is -2.09. The average molecular weight is 247 g/mol. The molecule has 1 N–H and O–H groups in total. The summed E-state index contributed by atoms with van der Waals surface area (Å²) in [5.41, 5.74) is 1.33. The summed E-state index contributed by atoms with van der Waals surface area (Å²) >= 11 is 0. The van der Waals surface area contributed by atoms with E-state index in [1.807, 2.05) is 27.7 Å². The van der Waals surface area contributed by atoms with Gasteiger partial charge in [-0.2, -0.15) is 0 Å². The van der Waals surface area contributed by atoms with E-state index in [0.29, 0.717) is 23.6 Å². The number of Topliss-reactive ketones (excluding diaryl/α,β-unsaturated/α-hetero) is 1. The van der Waals surface area contributed by atoms with Crippen LogP contribution in [0.25, 0.3) is 0 Å². The van der Waals surface area contributed by atoms with Crippen LogP contribution in [0.2, 0.25) is 0 Å². The summed E-state index contributed by atoms with van der Waals surface area (Å²) in [7, 11) is 0. The Bertz CT molecular complexity index is 436. The Morgan fingerprint density at radius 3 is 2.39 bits per heavy atom. The zero-order chi connectivity index (χ0) is 13.7. The van der Waals surface area contributed by atoms with Gasteiger partial charge in [0.1, 0.15) is 0 Å². The Hall–Kier alpha value is -1.64. The van der Waals surface area contributed by atoms with E-state index in [4.69, 9.17) is 0 Å². The molecule has 0 radical (unpaired) electrons. The third-order valence-corrected chi connectivity index (χ3v) is 2.55. The van der Waals surface area contributed by atoms with Gasteiger partial charge in [-0.05, 0) is 18.1 Å². The van der Waals surface area contributed by atoms with Crippen LogP contribution in [-0.2, 0) is 4.79 Å². The number of carbonyl (C=O) groups is 2. The van der Waals surface area contributed by atoms with Gasteiger partial charge in [0.05, 0.1) is 0 Å². The van der Waals surface area contributed by atoms with Gasteiger partial charge in [-0.15, -0.1) is 0 Å². The van der Waals surface area contributed by atoms with Gasteiger partial charge in [0.25, 0.3) is 0 Å². The minimum atomic E-state index is -0.0355. The Balaban J connectivity index is 2.77. The van der Waals surface area contributed by atoms with Gasteiger partial charge in [-0.25, -0.2) is 0 Å². The number of amides is 1. The van der Waals surface area contributed by atoms with Crippen LogP contribution in [0.1, 0.15) is 44.5 Å². The number of nitrogens with one attached hydrogen (secondary N) is 1. The molecule has 3 heteroatoms. The first-order chi connectivity index (χ1) is 8.40. The maximum Gasteiger partial charge on any atom is 0.224 e. The summed E-state index contributed by atoms with van der Waals surface area (Å²) in [6.45, 7) is 7.73. The van der Waals surface area contributed by atoms with Crippen molar-refractivity contribution in [3.63, 3.8) is 0 Å². The van der Waals surface area contributed by atoms with Gasteiger partial charge in [0, 0.05) is 23.6 Å². The number of rotatable bonds is 5. The van der Waals surface area contributed by atoms with E-state index in [2.05, 4.69) is 5.32 Å². The second-order valence-corrected chi connectivity index (χ2v) is 5.25. The summed E-state index contributed by atoms with van der Waals surface area (Å²) in [6.07, 6.45) is 0.488. The third-order valence-electron chi connectivity index (χ3n) is 2.55. The van der Waals surface area contributed by atoms with Crippen LogP contribution in [0, 0.1) is 11.8 Å². The molecule has 1 rings (SSSR count). The molecule has 0 aliphatic carbocycles. The lowest BCUT2D eigenvalue weighted by atomic mass is 10.0. The van der Waals surface area contributed by atoms with Crippen molar-refractivity contribution >= 4 is 17.4 Å². The van der Waals surface area contributed by atoms with Gasteiger partial charge in [-0.1, -0.05) is 39.8 Å². The second kappa shape index (κ2) is 6.34. The third kappa shape index (κ3) is 4.32. The van der Waals surface area contributed by atoms with Gasteiger partial charge in [0.15, 0.2) is 5.78 Å². The van der Waals surface area contributed by atoms with Crippen molar-refractivity contribution in [3.8, 4) is 0 Å². The topological polar surface area (TPSA) is 46.2 Å².